The predicted octanol–water partition coefficient (Wildman–Crippen LogP) is 3.84. The SMILES string of the molecule is CCNCC1CC12CCCC(CC(C)C)C2. The lowest BCUT2D eigenvalue weighted by atomic mass is 9.75. The van der Waals surface area contributed by atoms with Crippen LogP contribution in [0.2, 0.25) is 0 Å². The van der Waals surface area contributed by atoms with Crippen LogP contribution in [0.4, 0.5) is 0 Å². The van der Waals surface area contributed by atoms with Crippen molar-refractivity contribution in [2.24, 2.45) is 23.2 Å². The Hall–Kier alpha value is -0.0400. The maximum absolute atomic E-state index is 3.54. The monoisotopic (exact) mass is 223 g/mol. The van der Waals surface area contributed by atoms with E-state index in [1.807, 2.05) is 0 Å². The van der Waals surface area contributed by atoms with Gasteiger partial charge < -0.3 is 5.32 Å². The number of nitrogens with one attached hydrogen (secondary N) is 1. The van der Waals surface area contributed by atoms with Crippen molar-refractivity contribution in [3.63, 3.8) is 0 Å². The fourth-order valence-corrected chi connectivity index (χ4v) is 3.98. The van der Waals surface area contributed by atoms with Gasteiger partial charge in [0, 0.05) is 0 Å². The molecule has 0 bridgehead atoms. The second-order valence-electron chi connectivity index (χ2n) is 6.66. The first-order valence-corrected chi connectivity index (χ1v) is 7.37. The second-order valence-corrected chi connectivity index (χ2v) is 6.66. The van der Waals surface area contributed by atoms with Gasteiger partial charge in [-0.2, -0.15) is 0 Å². The Morgan fingerprint density at radius 1 is 1.31 bits per heavy atom. The molecule has 0 aliphatic heterocycles. The Morgan fingerprint density at radius 3 is 2.81 bits per heavy atom. The molecule has 2 fully saturated rings. The average molecular weight is 223 g/mol. The zero-order chi connectivity index (χ0) is 11.6. The van der Waals surface area contributed by atoms with Gasteiger partial charge in [-0.25, -0.2) is 0 Å². The summed E-state index contributed by atoms with van der Waals surface area (Å²) in [4.78, 5) is 0. The third-order valence-electron chi connectivity index (χ3n) is 4.79. The standard InChI is InChI=1S/C15H29N/c1-4-16-11-14-10-15(14)7-5-6-13(9-15)8-12(2)3/h12-14,16H,4-11H2,1-3H3. The van der Waals surface area contributed by atoms with Gasteiger partial charge in [0.1, 0.15) is 0 Å². The van der Waals surface area contributed by atoms with Gasteiger partial charge in [0.05, 0.1) is 0 Å². The van der Waals surface area contributed by atoms with E-state index in [0.717, 1.165) is 29.7 Å². The molecule has 1 spiro atoms. The third kappa shape index (κ3) is 2.80. The molecule has 3 unspecified atom stereocenters. The Kier molecular flexibility index (Phi) is 3.94. The van der Waals surface area contributed by atoms with Gasteiger partial charge in [0.25, 0.3) is 0 Å². The molecule has 3 atom stereocenters. The lowest BCUT2D eigenvalue weighted by Crippen LogP contribution is -2.24. The van der Waals surface area contributed by atoms with E-state index in [1.54, 1.807) is 6.42 Å². The minimum Gasteiger partial charge on any atom is -0.317 e. The molecule has 16 heavy (non-hydrogen) atoms. The highest BCUT2D eigenvalue weighted by molar-refractivity contribution is 5.05. The highest BCUT2D eigenvalue weighted by atomic mass is 14.9. The normalized spacial score (nSPS) is 38.2. The van der Waals surface area contributed by atoms with Gasteiger partial charge in [0.2, 0.25) is 0 Å². The van der Waals surface area contributed by atoms with Gasteiger partial charge in [0.15, 0.2) is 0 Å². The van der Waals surface area contributed by atoms with Crippen LogP contribution in [0.5, 0.6) is 0 Å². The van der Waals surface area contributed by atoms with E-state index < -0.39 is 0 Å². The maximum atomic E-state index is 3.54. The summed E-state index contributed by atoms with van der Waals surface area (Å²) >= 11 is 0. The molecule has 2 aliphatic rings. The van der Waals surface area contributed by atoms with Crippen LogP contribution in [-0.2, 0) is 0 Å². The summed E-state index contributed by atoms with van der Waals surface area (Å²) in [6, 6.07) is 0. The molecule has 0 heterocycles. The average Bonchev–Trinajstić information content (AvgIpc) is 2.87. The fourth-order valence-electron chi connectivity index (χ4n) is 3.98. The molecule has 0 radical (unpaired) electrons. The highest BCUT2D eigenvalue weighted by Crippen LogP contribution is 2.62. The Morgan fingerprint density at radius 2 is 2.12 bits per heavy atom. The van der Waals surface area contributed by atoms with Crippen molar-refractivity contribution in [2.45, 2.75) is 59.3 Å². The van der Waals surface area contributed by atoms with Crippen molar-refractivity contribution >= 4 is 0 Å². The number of hydrogen-bond acceptors (Lipinski definition) is 1. The number of hydrogen-bond donors (Lipinski definition) is 1. The highest BCUT2D eigenvalue weighted by Gasteiger charge is 2.54. The lowest BCUT2D eigenvalue weighted by Gasteiger charge is -2.31. The van der Waals surface area contributed by atoms with Crippen LogP contribution >= 0.6 is 0 Å². The minimum atomic E-state index is 0.792. The summed E-state index contributed by atoms with van der Waals surface area (Å²) in [6.07, 6.45) is 9.07. The molecule has 0 amide bonds. The first-order chi connectivity index (χ1) is 7.66. The van der Waals surface area contributed by atoms with Crippen molar-refractivity contribution in [3.05, 3.63) is 0 Å². The summed E-state index contributed by atoms with van der Waals surface area (Å²) in [5.74, 6) is 2.95. The molecule has 0 saturated heterocycles. The molecule has 1 nitrogen and oxygen atoms in total. The van der Waals surface area contributed by atoms with Crippen molar-refractivity contribution in [2.75, 3.05) is 13.1 Å². The maximum Gasteiger partial charge on any atom is -0.00151 e. The first-order valence-electron chi connectivity index (χ1n) is 7.37. The number of rotatable bonds is 5. The molecule has 0 aromatic heterocycles. The van der Waals surface area contributed by atoms with Crippen molar-refractivity contribution in [3.8, 4) is 0 Å². The van der Waals surface area contributed by atoms with Crippen LogP contribution in [0.1, 0.15) is 59.3 Å². The van der Waals surface area contributed by atoms with Crippen LogP contribution in [0, 0.1) is 23.2 Å². The van der Waals surface area contributed by atoms with Gasteiger partial charge in [-0.3, -0.25) is 0 Å². The summed E-state index contributed by atoms with van der Waals surface area (Å²) in [7, 11) is 0. The largest absolute Gasteiger partial charge is 0.317 e. The second kappa shape index (κ2) is 5.08. The Labute approximate surface area is 101 Å². The van der Waals surface area contributed by atoms with E-state index in [9.17, 15) is 0 Å². The van der Waals surface area contributed by atoms with Crippen LogP contribution in [0.3, 0.4) is 0 Å². The van der Waals surface area contributed by atoms with Gasteiger partial charge in [-0.15, -0.1) is 0 Å². The van der Waals surface area contributed by atoms with E-state index in [2.05, 4.69) is 26.1 Å². The van der Waals surface area contributed by atoms with Gasteiger partial charge in [-0.05, 0) is 61.9 Å². The summed E-state index contributed by atoms with van der Waals surface area (Å²) in [5, 5.41) is 3.54. The molecule has 0 aromatic carbocycles. The molecular formula is C15H29N. The minimum absolute atomic E-state index is 0.792. The molecule has 2 aliphatic carbocycles. The van der Waals surface area contributed by atoms with E-state index in [0.29, 0.717) is 0 Å². The van der Waals surface area contributed by atoms with Crippen molar-refractivity contribution in [1.29, 1.82) is 0 Å². The predicted molar refractivity (Wildman–Crippen MR) is 70.5 cm³/mol. The van der Waals surface area contributed by atoms with E-state index >= 15 is 0 Å². The van der Waals surface area contributed by atoms with E-state index in [1.165, 1.54) is 38.6 Å². The van der Waals surface area contributed by atoms with Crippen molar-refractivity contribution < 1.29 is 0 Å². The Balaban J connectivity index is 1.79. The van der Waals surface area contributed by atoms with Gasteiger partial charge >= 0.3 is 0 Å². The molecular weight excluding hydrogens is 194 g/mol. The van der Waals surface area contributed by atoms with Crippen LogP contribution in [-0.4, -0.2) is 13.1 Å². The smallest absolute Gasteiger partial charge is 0.00151 e. The van der Waals surface area contributed by atoms with Crippen molar-refractivity contribution in [1.82, 2.24) is 5.32 Å². The van der Waals surface area contributed by atoms with Gasteiger partial charge in [-0.1, -0.05) is 33.6 Å². The topological polar surface area (TPSA) is 12.0 Å². The third-order valence-corrected chi connectivity index (χ3v) is 4.79. The molecule has 0 aromatic rings. The van der Waals surface area contributed by atoms with Crippen LogP contribution < -0.4 is 5.32 Å². The molecule has 2 saturated carbocycles. The fraction of sp³-hybridized carbons (Fsp3) is 1.00. The van der Waals surface area contributed by atoms with Crippen LogP contribution in [0.25, 0.3) is 0 Å². The zero-order valence-corrected chi connectivity index (χ0v) is 11.4. The Bertz CT molecular complexity index is 223. The summed E-state index contributed by atoms with van der Waals surface area (Å²) in [5.41, 5.74) is 0.792. The molecule has 1 heteroatoms. The summed E-state index contributed by atoms with van der Waals surface area (Å²) < 4.78 is 0. The first kappa shape index (κ1) is 12.4. The molecule has 2 rings (SSSR count). The quantitative estimate of drug-likeness (QED) is 0.747. The zero-order valence-electron chi connectivity index (χ0n) is 11.4. The van der Waals surface area contributed by atoms with E-state index in [-0.39, 0.29) is 0 Å². The lowest BCUT2D eigenvalue weighted by molar-refractivity contribution is 0.203. The van der Waals surface area contributed by atoms with Crippen LogP contribution in [0.15, 0.2) is 0 Å². The molecule has 94 valence electrons. The summed E-state index contributed by atoms with van der Waals surface area (Å²) in [6.45, 7) is 9.40. The van der Waals surface area contributed by atoms with E-state index in [4.69, 9.17) is 0 Å². The molecule has 1 N–H and O–H groups in total.